The number of nitrogens with one attached hydrogen (secondary N) is 1. The van der Waals surface area contributed by atoms with Gasteiger partial charge in [-0.15, -0.1) is 0 Å². The van der Waals surface area contributed by atoms with E-state index in [4.69, 9.17) is 9.78 Å². The number of hydrogen-bond donors (Lipinski definition) is 1. The molecule has 0 radical (unpaired) electrons. The van der Waals surface area contributed by atoms with Crippen molar-refractivity contribution >= 4 is 5.82 Å². The monoisotopic (exact) mass is 337 g/mol. The fourth-order valence-electron chi connectivity index (χ4n) is 2.30. The van der Waals surface area contributed by atoms with E-state index in [1.807, 2.05) is 6.92 Å². The Balaban J connectivity index is 1.54. The van der Waals surface area contributed by atoms with Gasteiger partial charge in [-0.1, -0.05) is 5.16 Å². The Hall–Kier alpha value is -3.27. The lowest BCUT2D eigenvalue weighted by molar-refractivity contribution is 0.377. The number of rotatable bonds is 6. The maximum absolute atomic E-state index is 12.9. The minimum atomic E-state index is -0.306. The number of aromatic nitrogens is 3. The summed E-state index contributed by atoms with van der Waals surface area (Å²) in [5.41, 5.74) is 2.07. The van der Waals surface area contributed by atoms with Gasteiger partial charge in [-0.25, -0.2) is 9.37 Å². The summed E-state index contributed by atoms with van der Waals surface area (Å²) < 4.78 is 18.2. The number of nitrogens with zero attached hydrogens (tertiary/aromatic N) is 4. The van der Waals surface area contributed by atoms with E-state index < -0.39 is 0 Å². The molecule has 0 fully saturated rings. The van der Waals surface area contributed by atoms with Crippen molar-refractivity contribution in [3.63, 3.8) is 0 Å². The molecule has 0 saturated heterocycles. The zero-order valence-corrected chi connectivity index (χ0v) is 13.7. The number of benzene rings is 1. The van der Waals surface area contributed by atoms with Gasteiger partial charge < -0.3 is 9.84 Å². The van der Waals surface area contributed by atoms with Gasteiger partial charge in [0.1, 0.15) is 17.7 Å². The second-order valence-electron chi connectivity index (χ2n) is 5.51. The van der Waals surface area contributed by atoms with Crippen LogP contribution in [-0.2, 0) is 6.42 Å². The number of hydrogen-bond acceptors (Lipinski definition) is 6. The molecule has 0 atom stereocenters. The molecule has 126 valence electrons. The molecule has 2 heterocycles. The predicted octanol–water partition coefficient (Wildman–Crippen LogP) is 3.50. The Bertz CT molecular complexity index is 899. The molecule has 25 heavy (non-hydrogen) atoms. The van der Waals surface area contributed by atoms with Crippen LogP contribution in [0.4, 0.5) is 10.2 Å². The van der Waals surface area contributed by atoms with Gasteiger partial charge in [0, 0.05) is 24.2 Å². The summed E-state index contributed by atoms with van der Waals surface area (Å²) in [5.74, 6) is 1.23. The standard InChI is InChI=1S/C18H16FN5O/c1-12-4-5-14(11-20)17(22-12)21-10-2-3-16-23-18(24-25-16)13-6-8-15(19)9-7-13/h4-9H,2-3,10H2,1H3,(H,21,22). The van der Waals surface area contributed by atoms with Crippen molar-refractivity contribution in [2.24, 2.45) is 0 Å². The average Bonchev–Trinajstić information content (AvgIpc) is 3.08. The highest BCUT2D eigenvalue weighted by Gasteiger charge is 2.09. The van der Waals surface area contributed by atoms with E-state index in [0.717, 1.165) is 12.1 Å². The second kappa shape index (κ2) is 7.53. The van der Waals surface area contributed by atoms with Crippen LogP contribution in [-0.4, -0.2) is 21.7 Å². The van der Waals surface area contributed by atoms with Gasteiger partial charge in [0.2, 0.25) is 11.7 Å². The molecule has 2 aromatic heterocycles. The van der Waals surface area contributed by atoms with Gasteiger partial charge in [-0.3, -0.25) is 0 Å². The van der Waals surface area contributed by atoms with Gasteiger partial charge in [-0.05, 0) is 49.7 Å². The molecule has 0 saturated carbocycles. The van der Waals surface area contributed by atoms with Crippen LogP contribution in [0.25, 0.3) is 11.4 Å². The lowest BCUT2D eigenvalue weighted by atomic mass is 10.2. The maximum atomic E-state index is 12.9. The molecule has 0 bridgehead atoms. The van der Waals surface area contributed by atoms with Crippen LogP contribution in [0.2, 0.25) is 0 Å². The summed E-state index contributed by atoms with van der Waals surface area (Å²) in [7, 11) is 0. The molecule has 0 aliphatic heterocycles. The highest BCUT2D eigenvalue weighted by atomic mass is 19.1. The van der Waals surface area contributed by atoms with Crippen molar-refractivity contribution < 1.29 is 8.91 Å². The van der Waals surface area contributed by atoms with Gasteiger partial charge in [0.05, 0.1) is 5.56 Å². The van der Waals surface area contributed by atoms with Crippen molar-refractivity contribution in [2.75, 3.05) is 11.9 Å². The smallest absolute Gasteiger partial charge is 0.227 e. The molecular formula is C18H16FN5O. The van der Waals surface area contributed by atoms with Crippen LogP contribution in [0, 0.1) is 24.1 Å². The van der Waals surface area contributed by atoms with Crippen LogP contribution >= 0.6 is 0 Å². The first-order valence-electron chi connectivity index (χ1n) is 7.86. The third-order valence-electron chi connectivity index (χ3n) is 3.59. The van der Waals surface area contributed by atoms with Crippen LogP contribution in [0.3, 0.4) is 0 Å². The second-order valence-corrected chi connectivity index (χ2v) is 5.51. The summed E-state index contributed by atoms with van der Waals surface area (Å²) in [6.45, 7) is 2.50. The van der Waals surface area contributed by atoms with Crippen molar-refractivity contribution in [1.29, 1.82) is 5.26 Å². The number of halogens is 1. The van der Waals surface area contributed by atoms with Crippen LogP contribution in [0.1, 0.15) is 23.6 Å². The molecule has 1 aromatic carbocycles. The molecule has 0 spiro atoms. The summed E-state index contributed by atoms with van der Waals surface area (Å²) in [4.78, 5) is 8.63. The van der Waals surface area contributed by atoms with Crippen molar-refractivity contribution in [3.05, 3.63) is 59.4 Å². The Morgan fingerprint density at radius 2 is 1.96 bits per heavy atom. The van der Waals surface area contributed by atoms with Crippen molar-refractivity contribution in [1.82, 2.24) is 15.1 Å². The molecule has 0 aliphatic carbocycles. The van der Waals surface area contributed by atoms with E-state index in [1.54, 1.807) is 24.3 Å². The highest BCUT2D eigenvalue weighted by Crippen LogP contribution is 2.17. The molecule has 0 amide bonds. The minimum absolute atomic E-state index is 0.306. The molecular weight excluding hydrogens is 321 g/mol. The largest absolute Gasteiger partial charge is 0.369 e. The zero-order chi connectivity index (χ0) is 17.6. The maximum Gasteiger partial charge on any atom is 0.227 e. The molecule has 6 nitrogen and oxygen atoms in total. The van der Waals surface area contributed by atoms with Crippen LogP contribution < -0.4 is 5.32 Å². The molecule has 0 aliphatic rings. The summed E-state index contributed by atoms with van der Waals surface area (Å²) in [6, 6.07) is 11.6. The number of anilines is 1. The molecule has 3 rings (SSSR count). The van der Waals surface area contributed by atoms with Gasteiger partial charge in [0.15, 0.2) is 0 Å². The van der Waals surface area contributed by atoms with Crippen molar-refractivity contribution in [2.45, 2.75) is 19.8 Å². The number of aryl methyl sites for hydroxylation is 2. The van der Waals surface area contributed by atoms with Gasteiger partial charge in [0.25, 0.3) is 0 Å². The highest BCUT2D eigenvalue weighted by molar-refractivity contribution is 5.54. The molecule has 7 heteroatoms. The Morgan fingerprint density at radius 3 is 2.72 bits per heavy atom. The zero-order valence-electron chi connectivity index (χ0n) is 13.7. The Labute approximate surface area is 144 Å². The third kappa shape index (κ3) is 4.18. The molecule has 1 N–H and O–H groups in total. The summed E-state index contributed by atoms with van der Waals surface area (Å²) >= 11 is 0. The van der Waals surface area contributed by atoms with Gasteiger partial charge >= 0.3 is 0 Å². The van der Waals surface area contributed by atoms with Gasteiger partial charge in [-0.2, -0.15) is 10.2 Å². The number of pyridine rings is 1. The third-order valence-corrected chi connectivity index (χ3v) is 3.59. The van der Waals surface area contributed by atoms with E-state index in [-0.39, 0.29) is 5.82 Å². The fraction of sp³-hybridized carbons (Fsp3) is 0.222. The first-order chi connectivity index (χ1) is 12.2. The van der Waals surface area contributed by atoms with E-state index >= 15 is 0 Å². The topological polar surface area (TPSA) is 87.6 Å². The average molecular weight is 337 g/mol. The fourth-order valence-corrected chi connectivity index (χ4v) is 2.30. The summed E-state index contributed by atoms with van der Waals surface area (Å²) in [6.07, 6.45) is 1.33. The van der Waals surface area contributed by atoms with Crippen molar-refractivity contribution in [3.8, 4) is 17.5 Å². The van der Waals surface area contributed by atoms with E-state index in [2.05, 4.69) is 26.5 Å². The lowest BCUT2D eigenvalue weighted by Crippen LogP contribution is -2.07. The lowest BCUT2D eigenvalue weighted by Gasteiger charge is -2.06. The Kier molecular flexibility index (Phi) is 5.00. The van der Waals surface area contributed by atoms with Crippen LogP contribution in [0.5, 0.6) is 0 Å². The first kappa shape index (κ1) is 16.6. The quantitative estimate of drug-likeness (QED) is 0.693. The SMILES string of the molecule is Cc1ccc(C#N)c(NCCCc2nc(-c3ccc(F)cc3)no2)n1. The normalized spacial score (nSPS) is 10.4. The summed E-state index contributed by atoms with van der Waals surface area (Å²) in [5, 5.41) is 16.1. The first-order valence-corrected chi connectivity index (χ1v) is 7.86. The van der Waals surface area contributed by atoms with Crippen LogP contribution in [0.15, 0.2) is 40.9 Å². The predicted molar refractivity (Wildman–Crippen MR) is 90.2 cm³/mol. The molecule has 3 aromatic rings. The number of nitriles is 1. The van der Waals surface area contributed by atoms with E-state index in [1.165, 1.54) is 12.1 Å². The Morgan fingerprint density at radius 1 is 1.16 bits per heavy atom. The van der Waals surface area contributed by atoms with E-state index in [9.17, 15) is 4.39 Å². The van der Waals surface area contributed by atoms with E-state index in [0.29, 0.717) is 41.6 Å². The minimum Gasteiger partial charge on any atom is -0.369 e. The molecule has 0 unspecified atom stereocenters.